The highest BCUT2D eigenvalue weighted by atomic mass is 16.5. The highest BCUT2D eigenvalue weighted by Gasteiger charge is 2.19. The van der Waals surface area contributed by atoms with E-state index >= 15 is 0 Å². The van der Waals surface area contributed by atoms with E-state index in [1.807, 2.05) is 37.3 Å². The van der Waals surface area contributed by atoms with E-state index in [1.165, 1.54) is 20.3 Å². The minimum Gasteiger partial charge on any atom is -0.493 e. The Balaban J connectivity index is 1.58. The zero-order valence-electron chi connectivity index (χ0n) is 21.7. The van der Waals surface area contributed by atoms with Crippen molar-refractivity contribution in [3.63, 3.8) is 0 Å². The van der Waals surface area contributed by atoms with Crippen molar-refractivity contribution in [2.75, 3.05) is 26.1 Å². The molecule has 0 aliphatic rings. The number of Topliss-reactive ketones (excluding diaryl/α,β-unsaturated/α-hetero) is 1. The number of aromatic nitrogens is 1. The maximum Gasteiger partial charge on any atom is 0.261 e. The molecule has 1 atom stereocenters. The Morgan fingerprint density at radius 1 is 0.974 bits per heavy atom. The van der Waals surface area contributed by atoms with E-state index in [-0.39, 0.29) is 17.3 Å². The normalized spacial score (nSPS) is 11.7. The van der Waals surface area contributed by atoms with Gasteiger partial charge in [-0.3, -0.25) is 14.4 Å². The second-order valence-corrected chi connectivity index (χ2v) is 9.10. The number of ketones is 1. The summed E-state index contributed by atoms with van der Waals surface area (Å²) in [5, 5.41) is 3.41. The van der Waals surface area contributed by atoms with Crippen molar-refractivity contribution in [2.45, 2.75) is 25.7 Å². The summed E-state index contributed by atoms with van der Waals surface area (Å²) >= 11 is 0. The number of fused-ring (bicyclic) bond motifs is 1. The molecule has 0 unspecified atom stereocenters. The highest BCUT2D eigenvalue weighted by Crippen LogP contribution is 2.31. The number of methoxy groups -OCH3 is 2. The number of H-pyrrole nitrogens is 1. The Kier molecular flexibility index (Phi) is 8.23. The van der Waals surface area contributed by atoms with Crippen molar-refractivity contribution < 1.29 is 19.1 Å². The SMILES string of the molecule is COc1cc2cc(C(=O)Nc3cc(C(=O)C[C@H](CCN)c4ccccc4)ccc3C)c(=O)[nH]c2cc1OC. The molecule has 8 nitrogen and oxygen atoms in total. The minimum absolute atomic E-state index is 0.000168. The van der Waals surface area contributed by atoms with Gasteiger partial charge in [-0.1, -0.05) is 42.5 Å². The van der Waals surface area contributed by atoms with Crippen LogP contribution in [-0.2, 0) is 0 Å². The molecular formula is C30H31N3O5. The Morgan fingerprint density at radius 2 is 1.68 bits per heavy atom. The summed E-state index contributed by atoms with van der Waals surface area (Å²) in [6.45, 7) is 2.30. The molecule has 3 aromatic carbocycles. The van der Waals surface area contributed by atoms with Gasteiger partial charge in [-0.05, 0) is 55.1 Å². The van der Waals surface area contributed by atoms with Gasteiger partial charge in [-0.15, -0.1) is 0 Å². The van der Waals surface area contributed by atoms with E-state index in [2.05, 4.69) is 10.3 Å². The molecule has 4 aromatic rings. The van der Waals surface area contributed by atoms with Gasteiger partial charge in [-0.2, -0.15) is 0 Å². The first-order valence-corrected chi connectivity index (χ1v) is 12.3. The zero-order valence-corrected chi connectivity index (χ0v) is 21.7. The van der Waals surface area contributed by atoms with Gasteiger partial charge in [0.15, 0.2) is 17.3 Å². The van der Waals surface area contributed by atoms with E-state index in [0.717, 1.165) is 11.1 Å². The van der Waals surface area contributed by atoms with Crippen LogP contribution in [0.2, 0.25) is 0 Å². The van der Waals surface area contributed by atoms with Gasteiger partial charge in [0, 0.05) is 29.1 Å². The Labute approximate surface area is 220 Å². The van der Waals surface area contributed by atoms with Gasteiger partial charge in [0.25, 0.3) is 11.5 Å². The predicted molar refractivity (Wildman–Crippen MR) is 149 cm³/mol. The lowest BCUT2D eigenvalue weighted by Crippen LogP contribution is -2.23. The van der Waals surface area contributed by atoms with Crippen LogP contribution in [0.15, 0.2) is 71.5 Å². The third kappa shape index (κ3) is 5.76. The van der Waals surface area contributed by atoms with Crippen LogP contribution in [0.4, 0.5) is 5.69 Å². The number of carbonyl (C=O) groups excluding carboxylic acids is 2. The van der Waals surface area contributed by atoms with Crippen LogP contribution in [-0.4, -0.2) is 37.4 Å². The van der Waals surface area contributed by atoms with E-state index < -0.39 is 11.5 Å². The molecule has 0 bridgehead atoms. The van der Waals surface area contributed by atoms with E-state index in [4.69, 9.17) is 15.2 Å². The number of amides is 1. The first-order chi connectivity index (χ1) is 18.3. The second kappa shape index (κ2) is 11.7. The van der Waals surface area contributed by atoms with Crippen molar-refractivity contribution in [1.29, 1.82) is 0 Å². The van der Waals surface area contributed by atoms with Crippen molar-refractivity contribution in [2.24, 2.45) is 5.73 Å². The number of pyridine rings is 1. The quantitative estimate of drug-likeness (QED) is 0.262. The Bertz CT molecular complexity index is 1530. The topological polar surface area (TPSA) is 124 Å². The summed E-state index contributed by atoms with van der Waals surface area (Å²) in [4.78, 5) is 41.8. The average molecular weight is 514 g/mol. The molecule has 4 N–H and O–H groups in total. The van der Waals surface area contributed by atoms with Gasteiger partial charge >= 0.3 is 0 Å². The van der Waals surface area contributed by atoms with Crippen LogP contribution in [0.1, 0.15) is 50.6 Å². The zero-order chi connectivity index (χ0) is 27.2. The van der Waals surface area contributed by atoms with Crippen LogP contribution < -0.4 is 26.1 Å². The summed E-state index contributed by atoms with van der Waals surface area (Å²) in [6.07, 6.45) is 0.986. The molecule has 0 fully saturated rings. The van der Waals surface area contributed by atoms with E-state index in [9.17, 15) is 14.4 Å². The summed E-state index contributed by atoms with van der Waals surface area (Å²) in [5.41, 5.74) is 8.49. The molecule has 0 saturated heterocycles. The van der Waals surface area contributed by atoms with Gasteiger partial charge in [0.1, 0.15) is 5.56 Å². The molecule has 1 heterocycles. The number of nitrogens with two attached hydrogens (primary N) is 1. The third-order valence-corrected chi connectivity index (χ3v) is 6.62. The Hall–Kier alpha value is -4.43. The van der Waals surface area contributed by atoms with Gasteiger partial charge in [0.2, 0.25) is 0 Å². The first kappa shape index (κ1) is 26.6. The number of benzene rings is 3. The number of nitrogens with one attached hydrogen (secondary N) is 2. The van der Waals surface area contributed by atoms with Crippen molar-refractivity contribution in [3.05, 3.63) is 99.3 Å². The van der Waals surface area contributed by atoms with Crippen LogP contribution >= 0.6 is 0 Å². The van der Waals surface area contributed by atoms with Gasteiger partial charge in [-0.25, -0.2) is 0 Å². The molecule has 38 heavy (non-hydrogen) atoms. The predicted octanol–water partition coefficient (Wildman–Crippen LogP) is 4.81. The number of hydrogen-bond acceptors (Lipinski definition) is 6. The number of aryl methyl sites for hydroxylation is 1. The van der Waals surface area contributed by atoms with Crippen molar-refractivity contribution in [1.82, 2.24) is 4.98 Å². The molecule has 0 aliphatic heterocycles. The first-order valence-electron chi connectivity index (χ1n) is 12.3. The average Bonchev–Trinajstić information content (AvgIpc) is 2.93. The third-order valence-electron chi connectivity index (χ3n) is 6.62. The number of aromatic amines is 1. The fraction of sp³-hybridized carbons (Fsp3) is 0.233. The Morgan fingerprint density at radius 3 is 2.37 bits per heavy atom. The fourth-order valence-electron chi connectivity index (χ4n) is 4.48. The van der Waals surface area contributed by atoms with Gasteiger partial charge in [0.05, 0.1) is 19.7 Å². The maximum atomic E-state index is 13.2. The lowest BCUT2D eigenvalue weighted by molar-refractivity contribution is 0.0970. The van der Waals surface area contributed by atoms with Crippen LogP contribution in [0.5, 0.6) is 11.5 Å². The molecule has 8 heteroatoms. The van der Waals surface area contributed by atoms with Crippen LogP contribution in [0, 0.1) is 6.92 Å². The monoisotopic (exact) mass is 513 g/mol. The van der Waals surface area contributed by atoms with E-state index in [1.54, 1.807) is 30.3 Å². The molecule has 0 spiro atoms. The number of rotatable bonds is 10. The smallest absolute Gasteiger partial charge is 0.261 e. The summed E-state index contributed by atoms with van der Waals surface area (Å²) in [5.74, 6) is 0.308. The molecule has 1 amide bonds. The molecule has 4 rings (SSSR count). The van der Waals surface area contributed by atoms with Gasteiger partial charge < -0.3 is 25.5 Å². The molecule has 0 radical (unpaired) electrons. The summed E-state index contributed by atoms with van der Waals surface area (Å²) in [7, 11) is 3.02. The molecular weight excluding hydrogens is 482 g/mol. The number of hydrogen-bond donors (Lipinski definition) is 3. The van der Waals surface area contributed by atoms with E-state index in [0.29, 0.717) is 53.0 Å². The second-order valence-electron chi connectivity index (χ2n) is 9.10. The standard InChI is InChI=1S/C30H31N3O5/c1-18-9-10-21(26(34)15-20(11-12-31)19-7-5-4-6-8-19)14-24(18)32-29(35)23-13-22-16-27(37-2)28(38-3)17-25(22)33-30(23)36/h4-10,13-14,16-17,20H,11-12,15,31H2,1-3H3,(H,32,35)(H,33,36)/t20-/m0/s1. The highest BCUT2D eigenvalue weighted by molar-refractivity contribution is 6.07. The molecule has 196 valence electrons. The largest absolute Gasteiger partial charge is 0.493 e. The lowest BCUT2D eigenvalue weighted by Gasteiger charge is -2.16. The van der Waals surface area contributed by atoms with Crippen molar-refractivity contribution >= 4 is 28.3 Å². The number of anilines is 1. The fourth-order valence-corrected chi connectivity index (χ4v) is 4.48. The summed E-state index contributed by atoms with van der Waals surface area (Å²) in [6, 6.07) is 19.9. The molecule has 0 saturated carbocycles. The maximum absolute atomic E-state index is 13.2. The van der Waals surface area contributed by atoms with Crippen LogP contribution in [0.3, 0.4) is 0 Å². The summed E-state index contributed by atoms with van der Waals surface area (Å²) < 4.78 is 10.6. The lowest BCUT2D eigenvalue weighted by atomic mass is 9.89. The number of ether oxygens (including phenoxy) is 2. The van der Waals surface area contributed by atoms with Crippen molar-refractivity contribution in [3.8, 4) is 11.5 Å². The number of carbonyl (C=O) groups is 2. The minimum atomic E-state index is -0.582. The van der Waals surface area contributed by atoms with Crippen LogP contribution in [0.25, 0.3) is 10.9 Å². The molecule has 0 aliphatic carbocycles. The molecule has 1 aromatic heterocycles.